The van der Waals surface area contributed by atoms with Crippen LogP contribution in [0.15, 0.2) is 12.7 Å². The summed E-state index contributed by atoms with van der Waals surface area (Å²) < 4.78 is 0. The van der Waals surface area contributed by atoms with E-state index in [1.165, 1.54) is 6.08 Å². The van der Waals surface area contributed by atoms with Gasteiger partial charge >= 0.3 is 0 Å². The van der Waals surface area contributed by atoms with Crippen molar-refractivity contribution in [3.8, 4) is 0 Å². The average Bonchev–Trinajstić information content (AvgIpc) is 3.24. The first-order chi connectivity index (χ1) is 15.8. The minimum atomic E-state index is -0.908. The first-order valence-electron chi connectivity index (χ1n) is 12.6. The van der Waals surface area contributed by atoms with Gasteiger partial charge in [-0.05, 0) is 31.1 Å². The van der Waals surface area contributed by atoms with Crippen LogP contribution in [0, 0.1) is 11.8 Å². The summed E-state index contributed by atoms with van der Waals surface area (Å²) in [6.07, 6.45) is 10.1. The maximum absolute atomic E-state index is 13.5. The molecule has 2 saturated heterocycles. The van der Waals surface area contributed by atoms with Crippen molar-refractivity contribution in [3.63, 3.8) is 0 Å². The van der Waals surface area contributed by atoms with Crippen LogP contribution in [0.5, 0.6) is 0 Å². The van der Waals surface area contributed by atoms with Crippen LogP contribution in [0.1, 0.15) is 78.1 Å². The molecule has 0 bridgehead atoms. The number of hydrogen-bond acceptors (Lipinski definition) is 5. The van der Waals surface area contributed by atoms with Gasteiger partial charge in [-0.25, -0.2) is 0 Å². The van der Waals surface area contributed by atoms with E-state index in [1.807, 2.05) is 13.8 Å². The Labute approximate surface area is 198 Å². The lowest BCUT2D eigenvalue weighted by atomic mass is 9.87. The van der Waals surface area contributed by atoms with Crippen molar-refractivity contribution >= 4 is 23.5 Å². The van der Waals surface area contributed by atoms with E-state index in [0.29, 0.717) is 25.8 Å². The third kappa shape index (κ3) is 7.66. The molecular formula is C25H42N4O4. The van der Waals surface area contributed by atoms with Gasteiger partial charge in [-0.1, -0.05) is 64.9 Å². The van der Waals surface area contributed by atoms with E-state index in [2.05, 4.69) is 17.2 Å². The highest BCUT2D eigenvalue weighted by Gasteiger charge is 2.45. The molecule has 0 aliphatic carbocycles. The lowest BCUT2D eigenvalue weighted by Crippen LogP contribution is -2.57. The molecular weight excluding hydrogens is 420 g/mol. The Bertz CT molecular complexity index is 709. The van der Waals surface area contributed by atoms with Gasteiger partial charge in [0.2, 0.25) is 17.6 Å². The minimum Gasteiger partial charge on any atom is -0.346 e. The highest BCUT2D eigenvalue weighted by Crippen LogP contribution is 2.32. The van der Waals surface area contributed by atoms with Crippen molar-refractivity contribution in [1.29, 1.82) is 0 Å². The van der Waals surface area contributed by atoms with Crippen molar-refractivity contribution in [2.45, 2.75) is 96.2 Å². The Morgan fingerprint density at radius 3 is 2.30 bits per heavy atom. The van der Waals surface area contributed by atoms with Gasteiger partial charge < -0.3 is 21.3 Å². The molecule has 0 saturated carbocycles. The molecule has 4 N–H and O–H groups in total. The van der Waals surface area contributed by atoms with E-state index < -0.39 is 29.8 Å². The Hall–Kier alpha value is -2.22. The lowest BCUT2D eigenvalue weighted by molar-refractivity contribution is -0.143. The maximum Gasteiger partial charge on any atom is 0.289 e. The fraction of sp³-hybridized carbons (Fsp3) is 0.760. The lowest BCUT2D eigenvalue weighted by Gasteiger charge is -2.32. The van der Waals surface area contributed by atoms with Crippen LogP contribution in [-0.2, 0) is 19.2 Å². The fourth-order valence-electron chi connectivity index (χ4n) is 4.97. The average molecular weight is 463 g/mol. The molecule has 4 atom stereocenters. The second-order valence-electron chi connectivity index (χ2n) is 9.76. The number of rotatable bonds is 5. The summed E-state index contributed by atoms with van der Waals surface area (Å²) in [5.41, 5.74) is 6.23. The molecule has 186 valence electrons. The van der Waals surface area contributed by atoms with Gasteiger partial charge in [0.1, 0.15) is 6.04 Å². The molecule has 0 radical (unpaired) electrons. The van der Waals surface area contributed by atoms with E-state index in [-0.39, 0.29) is 30.2 Å². The van der Waals surface area contributed by atoms with Crippen molar-refractivity contribution in [2.24, 2.45) is 17.6 Å². The summed E-state index contributed by atoms with van der Waals surface area (Å²) in [4.78, 5) is 53.4. The summed E-state index contributed by atoms with van der Waals surface area (Å²) in [6.45, 7) is 8.29. The van der Waals surface area contributed by atoms with E-state index in [4.69, 9.17) is 5.73 Å². The second kappa shape index (κ2) is 13.5. The summed E-state index contributed by atoms with van der Waals surface area (Å²) in [6, 6.07) is -2.21. The Balaban J connectivity index is 2.27. The standard InChI is InChI=1S/C25H42N4O4/c1-4-15-27-24(32)22(30)20-13-11-9-7-5-6-8-10-12-19(26)25(33)29-16-14-18(17(2)3)21(29)23(31)28-20/h4,17-21H,1,5-16,26H2,2-3H3,(H,27,32)(H,28,31)/t18?,19-,20-,21-/m0/s1. The Morgan fingerprint density at radius 2 is 1.70 bits per heavy atom. The van der Waals surface area contributed by atoms with Crippen molar-refractivity contribution in [1.82, 2.24) is 15.5 Å². The first-order valence-corrected chi connectivity index (χ1v) is 12.6. The zero-order chi connectivity index (χ0) is 24.4. The minimum absolute atomic E-state index is 0.0228. The molecule has 0 aromatic heterocycles. The molecule has 2 rings (SSSR count). The van der Waals surface area contributed by atoms with Crippen LogP contribution in [0.4, 0.5) is 0 Å². The molecule has 2 aliphatic rings. The number of carbonyl (C=O) groups is 4. The third-order valence-electron chi connectivity index (χ3n) is 6.94. The molecule has 2 aliphatic heterocycles. The van der Waals surface area contributed by atoms with Crippen LogP contribution in [0.3, 0.4) is 0 Å². The summed E-state index contributed by atoms with van der Waals surface area (Å²) >= 11 is 0. The number of fused-ring (bicyclic) bond motifs is 1. The molecule has 2 fully saturated rings. The molecule has 1 unspecified atom stereocenters. The topological polar surface area (TPSA) is 122 Å². The van der Waals surface area contributed by atoms with E-state index in [9.17, 15) is 19.2 Å². The van der Waals surface area contributed by atoms with Crippen LogP contribution in [0.25, 0.3) is 0 Å². The second-order valence-corrected chi connectivity index (χ2v) is 9.76. The van der Waals surface area contributed by atoms with Crippen LogP contribution in [0.2, 0.25) is 0 Å². The molecule has 8 nitrogen and oxygen atoms in total. The number of Topliss-reactive ketones (excluding diaryl/α,β-unsaturated/α-hetero) is 1. The van der Waals surface area contributed by atoms with Gasteiger partial charge in [0.25, 0.3) is 5.91 Å². The smallest absolute Gasteiger partial charge is 0.289 e. The van der Waals surface area contributed by atoms with Gasteiger partial charge in [-0.3, -0.25) is 19.2 Å². The highest BCUT2D eigenvalue weighted by atomic mass is 16.2. The molecule has 2 heterocycles. The largest absolute Gasteiger partial charge is 0.346 e. The zero-order valence-corrected chi connectivity index (χ0v) is 20.3. The van der Waals surface area contributed by atoms with Gasteiger partial charge in [-0.15, -0.1) is 6.58 Å². The summed E-state index contributed by atoms with van der Waals surface area (Å²) in [5.74, 6) is -1.78. The Kier molecular flexibility index (Phi) is 11.0. The van der Waals surface area contributed by atoms with Gasteiger partial charge in [0.05, 0.1) is 12.1 Å². The maximum atomic E-state index is 13.5. The quantitative estimate of drug-likeness (QED) is 0.426. The Morgan fingerprint density at radius 1 is 1.09 bits per heavy atom. The van der Waals surface area contributed by atoms with Crippen LogP contribution in [-0.4, -0.2) is 59.6 Å². The van der Waals surface area contributed by atoms with Crippen molar-refractivity contribution in [2.75, 3.05) is 13.1 Å². The number of nitrogens with two attached hydrogens (primary N) is 1. The number of carbonyl (C=O) groups excluding carboxylic acids is 4. The summed E-state index contributed by atoms with van der Waals surface area (Å²) in [7, 11) is 0. The van der Waals surface area contributed by atoms with Crippen LogP contribution < -0.4 is 16.4 Å². The molecule has 33 heavy (non-hydrogen) atoms. The molecule has 0 aromatic carbocycles. The third-order valence-corrected chi connectivity index (χ3v) is 6.94. The van der Waals surface area contributed by atoms with Gasteiger partial charge in [-0.2, -0.15) is 0 Å². The molecule has 0 spiro atoms. The number of nitrogens with one attached hydrogen (secondary N) is 2. The summed E-state index contributed by atoms with van der Waals surface area (Å²) in [5, 5.41) is 5.35. The van der Waals surface area contributed by atoms with Crippen molar-refractivity contribution in [3.05, 3.63) is 12.7 Å². The van der Waals surface area contributed by atoms with E-state index >= 15 is 0 Å². The van der Waals surface area contributed by atoms with E-state index in [1.54, 1.807) is 4.90 Å². The number of nitrogens with zero attached hydrogens (tertiary/aromatic N) is 1. The molecule has 8 heteroatoms. The number of ketones is 1. The number of amides is 3. The number of hydrogen-bond donors (Lipinski definition) is 3. The predicted octanol–water partition coefficient (Wildman–Crippen LogP) is 2.07. The van der Waals surface area contributed by atoms with Crippen molar-refractivity contribution < 1.29 is 19.2 Å². The fourth-order valence-corrected chi connectivity index (χ4v) is 4.97. The van der Waals surface area contributed by atoms with Gasteiger partial charge in [0.15, 0.2) is 0 Å². The highest BCUT2D eigenvalue weighted by molar-refractivity contribution is 6.38. The molecule has 3 amide bonds. The first kappa shape index (κ1) is 27.0. The monoisotopic (exact) mass is 462 g/mol. The van der Waals surface area contributed by atoms with Gasteiger partial charge in [0, 0.05) is 13.1 Å². The zero-order valence-electron chi connectivity index (χ0n) is 20.3. The van der Waals surface area contributed by atoms with E-state index in [0.717, 1.165) is 44.9 Å². The van der Waals surface area contributed by atoms with Crippen LogP contribution >= 0.6 is 0 Å². The predicted molar refractivity (Wildman–Crippen MR) is 128 cm³/mol. The SMILES string of the molecule is C=CCNC(=O)C(=O)[C@@H]1CCCCCCCCC[C@H](N)C(=O)N2CCC(C(C)C)[C@H]2C(=O)N1. The normalized spacial score (nSPS) is 28.2. The molecule has 0 aromatic rings.